The zero-order valence-corrected chi connectivity index (χ0v) is 16.9. The SMILES string of the molecule is CCC1C(C)=Nc2ccc(-c3ccn4nc(NC5CC(C)(C)C5)ncc34)nc21. The van der Waals surface area contributed by atoms with Gasteiger partial charge in [-0.1, -0.05) is 20.8 Å². The second-order valence-electron chi connectivity index (χ2n) is 8.87. The Labute approximate surface area is 165 Å². The third-order valence-electron chi connectivity index (χ3n) is 6.07. The Bertz CT molecular complexity index is 1090. The summed E-state index contributed by atoms with van der Waals surface area (Å²) in [5.74, 6) is 1.01. The Morgan fingerprint density at radius 3 is 2.79 bits per heavy atom. The number of aromatic nitrogens is 4. The summed E-state index contributed by atoms with van der Waals surface area (Å²) in [4.78, 5) is 14.2. The van der Waals surface area contributed by atoms with Crippen molar-refractivity contribution in [2.24, 2.45) is 10.4 Å². The van der Waals surface area contributed by atoms with Crippen LogP contribution < -0.4 is 5.32 Å². The second-order valence-corrected chi connectivity index (χ2v) is 8.87. The van der Waals surface area contributed by atoms with E-state index < -0.39 is 0 Å². The third-order valence-corrected chi connectivity index (χ3v) is 6.07. The van der Waals surface area contributed by atoms with Crippen LogP contribution in [0.2, 0.25) is 0 Å². The first kappa shape index (κ1) is 17.3. The van der Waals surface area contributed by atoms with Crippen molar-refractivity contribution in [2.75, 3.05) is 5.32 Å². The zero-order chi connectivity index (χ0) is 19.5. The zero-order valence-electron chi connectivity index (χ0n) is 16.9. The van der Waals surface area contributed by atoms with Crippen LogP contribution in [0.5, 0.6) is 0 Å². The molecule has 0 bridgehead atoms. The van der Waals surface area contributed by atoms with Gasteiger partial charge in [0.15, 0.2) is 0 Å². The maximum absolute atomic E-state index is 4.96. The number of aliphatic imine (C=N–C) groups is 1. The van der Waals surface area contributed by atoms with E-state index in [1.807, 2.05) is 23.0 Å². The number of anilines is 1. The smallest absolute Gasteiger partial charge is 0.241 e. The lowest BCUT2D eigenvalue weighted by Crippen LogP contribution is -2.41. The van der Waals surface area contributed by atoms with Crippen molar-refractivity contribution in [1.29, 1.82) is 0 Å². The topological polar surface area (TPSA) is 67.5 Å². The predicted molar refractivity (Wildman–Crippen MR) is 112 cm³/mol. The van der Waals surface area contributed by atoms with Crippen LogP contribution in [-0.2, 0) is 0 Å². The molecule has 4 heterocycles. The number of rotatable bonds is 4. The summed E-state index contributed by atoms with van der Waals surface area (Å²) < 4.78 is 1.89. The summed E-state index contributed by atoms with van der Waals surface area (Å²) in [5.41, 5.74) is 6.65. The van der Waals surface area contributed by atoms with E-state index in [2.05, 4.69) is 60.2 Å². The van der Waals surface area contributed by atoms with Gasteiger partial charge in [-0.2, -0.15) is 0 Å². The molecule has 28 heavy (non-hydrogen) atoms. The van der Waals surface area contributed by atoms with Gasteiger partial charge >= 0.3 is 0 Å². The van der Waals surface area contributed by atoms with Gasteiger partial charge < -0.3 is 5.32 Å². The lowest BCUT2D eigenvalue weighted by atomic mass is 9.68. The Hall–Kier alpha value is -2.76. The number of pyridine rings is 1. The van der Waals surface area contributed by atoms with E-state index in [-0.39, 0.29) is 0 Å². The highest BCUT2D eigenvalue weighted by molar-refractivity contribution is 5.96. The third kappa shape index (κ3) is 2.79. The van der Waals surface area contributed by atoms with Crippen LogP contribution in [0.4, 0.5) is 11.6 Å². The molecule has 1 atom stereocenters. The molecule has 0 radical (unpaired) electrons. The number of fused-ring (bicyclic) bond motifs is 2. The van der Waals surface area contributed by atoms with Crippen LogP contribution in [-0.4, -0.2) is 31.3 Å². The summed E-state index contributed by atoms with van der Waals surface area (Å²) in [7, 11) is 0. The number of hydrogen-bond acceptors (Lipinski definition) is 5. The molecule has 1 aliphatic carbocycles. The van der Waals surface area contributed by atoms with Gasteiger partial charge in [-0.3, -0.25) is 4.99 Å². The normalized spacial score (nSPS) is 20.7. The Kier molecular flexibility index (Phi) is 3.79. The van der Waals surface area contributed by atoms with Crippen molar-refractivity contribution in [3.63, 3.8) is 0 Å². The van der Waals surface area contributed by atoms with Crippen molar-refractivity contribution in [1.82, 2.24) is 19.6 Å². The van der Waals surface area contributed by atoms with Crippen LogP contribution in [0.3, 0.4) is 0 Å². The van der Waals surface area contributed by atoms with E-state index >= 15 is 0 Å². The molecule has 6 nitrogen and oxygen atoms in total. The first-order chi connectivity index (χ1) is 13.4. The van der Waals surface area contributed by atoms with Crippen molar-refractivity contribution < 1.29 is 0 Å². The quantitative estimate of drug-likeness (QED) is 0.698. The molecule has 0 aromatic carbocycles. The molecule has 1 saturated carbocycles. The van der Waals surface area contributed by atoms with Crippen LogP contribution >= 0.6 is 0 Å². The average Bonchev–Trinajstić information content (AvgIpc) is 3.19. The summed E-state index contributed by atoms with van der Waals surface area (Å²) in [6.45, 7) is 8.88. The van der Waals surface area contributed by atoms with Crippen molar-refractivity contribution in [2.45, 2.75) is 58.9 Å². The molecule has 1 N–H and O–H groups in total. The Morgan fingerprint density at radius 2 is 2.04 bits per heavy atom. The summed E-state index contributed by atoms with van der Waals surface area (Å²) in [6, 6.07) is 6.66. The molecule has 1 fully saturated rings. The minimum Gasteiger partial charge on any atom is -0.350 e. The number of nitrogens with zero attached hydrogens (tertiary/aromatic N) is 5. The van der Waals surface area contributed by atoms with E-state index in [1.165, 1.54) is 0 Å². The fourth-order valence-corrected chi connectivity index (χ4v) is 4.66. The predicted octanol–water partition coefficient (Wildman–Crippen LogP) is 4.99. The lowest BCUT2D eigenvalue weighted by molar-refractivity contribution is 0.167. The van der Waals surface area contributed by atoms with Gasteiger partial charge in [0, 0.05) is 29.4 Å². The summed E-state index contributed by atoms with van der Waals surface area (Å²) in [5, 5.41) is 8.10. The highest BCUT2D eigenvalue weighted by Crippen LogP contribution is 2.41. The van der Waals surface area contributed by atoms with Gasteiger partial charge in [0.2, 0.25) is 5.95 Å². The molecule has 5 rings (SSSR count). The van der Waals surface area contributed by atoms with Gasteiger partial charge in [0.25, 0.3) is 0 Å². The largest absolute Gasteiger partial charge is 0.350 e. The molecule has 144 valence electrons. The van der Waals surface area contributed by atoms with E-state index in [0.29, 0.717) is 23.3 Å². The molecule has 6 heteroatoms. The first-order valence-electron chi connectivity index (χ1n) is 10.1. The molecule has 0 amide bonds. The van der Waals surface area contributed by atoms with Crippen LogP contribution in [0.15, 0.2) is 35.6 Å². The molecule has 0 spiro atoms. The fourth-order valence-electron chi connectivity index (χ4n) is 4.66. The molecule has 1 unspecified atom stereocenters. The number of nitrogens with one attached hydrogen (secondary N) is 1. The van der Waals surface area contributed by atoms with Gasteiger partial charge in [0.05, 0.1) is 28.8 Å². The Morgan fingerprint density at radius 1 is 1.21 bits per heavy atom. The molecule has 0 saturated heterocycles. The van der Waals surface area contributed by atoms with Gasteiger partial charge in [-0.15, -0.1) is 5.10 Å². The number of hydrogen-bond donors (Lipinski definition) is 1. The maximum Gasteiger partial charge on any atom is 0.241 e. The van der Waals surface area contributed by atoms with Gasteiger partial charge in [-0.05, 0) is 49.8 Å². The molecule has 3 aromatic heterocycles. The minimum absolute atomic E-state index is 0.322. The molecule has 2 aliphatic rings. The lowest BCUT2D eigenvalue weighted by Gasteiger charge is -2.42. The van der Waals surface area contributed by atoms with Gasteiger partial charge in [0.1, 0.15) is 0 Å². The average molecular weight is 374 g/mol. The van der Waals surface area contributed by atoms with E-state index in [9.17, 15) is 0 Å². The fraction of sp³-hybridized carbons (Fsp3) is 0.455. The van der Waals surface area contributed by atoms with Crippen LogP contribution in [0.1, 0.15) is 58.6 Å². The highest BCUT2D eigenvalue weighted by Gasteiger charge is 2.36. The van der Waals surface area contributed by atoms with E-state index in [4.69, 9.17) is 4.98 Å². The Balaban J connectivity index is 1.44. The van der Waals surface area contributed by atoms with E-state index in [0.717, 1.165) is 53.1 Å². The molecular formula is C22H26N6. The van der Waals surface area contributed by atoms with Crippen LogP contribution in [0, 0.1) is 5.41 Å². The van der Waals surface area contributed by atoms with Gasteiger partial charge in [-0.25, -0.2) is 14.5 Å². The second kappa shape index (κ2) is 6.12. The van der Waals surface area contributed by atoms with Crippen molar-refractivity contribution in [3.05, 3.63) is 36.3 Å². The standard InChI is InChI=1S/C22H26N6/c1-5-15-13(2)24-18-7-6-17(26-20(15)18)16-8-9-28-19(16)12-23-21(27-28)25-14-10-22(3,4)11-14/h6-9,12,14-15H,5,10-11H2,1-4H3,(H,25,27). The summed E-state index contributed by atoms with van der Waals surface area (Å²) >= 11 is 0. The first-order valence-corrected chi connectivity index (χ1v) is 10.1. The molecule has 1 aliphatic heterocycles. The molecule has 3 aromatic rings. The summed E-state index contributed by atoms with van der Waals surface area (Å²) in [6.07, 6.45) is 7.21. The van der Waals surface area contributed by atoms with Crippen molar-refractivity contribution in [3.8, 4) is 11.3 Å². The highest BCUT2D eigenvalue weighted by atomic mass is 15.3. The van der Waals surface area contributed by atoms with Crippen molar-refractivity contribution >= 4 is 22.9 Å². The monoisotopic (exact) mass is 374 g/mol. The van der Waals surface area contributed by atoms with E-state index in [1.54, 1.807) is 0 Å². The molecular weight excluding hydrogens is 348 g/mol. The van der Waals surface area contributed by atoms with Crippen LogP contribution in [0.25, 0.3) is 16.8 Å². The maximum atomic E-state index is 4.96. The minimum atomic E-state index is 0.322.